The number of carboxylic acid groups (broad SMARTS) is 1. The number of piperidine rings is 1. The summed E-state index contributed by atoms with van der Waals surface area (Å²) in [4.78, 5) is 24.1. The van der Waals surface area contributed by atoms with Gasteiger partial charge in [0.15, 0.2) is 0 Å². The largest absolute Gasteiger partial charge is 0.465 e. The molecule has 1 aliphatic rings. The van der Waals surface area contributed by atoms with Crippen molar-refractivity contribution in [2.75, 3.05) is 24.1 Å². The molecule has 1 aromatic rings. The molecule has 2 rings (SSSR count). The lowest BCUT2D eigenvalue weighted by Gasteiger charge is -2.29. The molecule has 0 bridgehead atoms. The molecule has 0 aromatic heterocycles. The minimum absolute atomic E-state index is 0.0250. The molecule has 1 saturated heterocycles. The van der Waals surface area contributed by atoms with Crippen LogP contribution in [0.5, 0.6) is 0 Å². The van der Waals surface area contributed by atoms with Gasteiger partial charge in [0.25, 0.3) is 0 Å². The third-order valence-corrected chi connectivity index (χ3v) is 3.69. The Balaban J connectivity index is 2.04. The number of halogens is 3. The van der Waals surface area contributed by atoms with Gasteiger partial charge in [-0.1, -0.05) is 0 Å². The SMILES string of the molecule is Nc1cc(NC(=O)C2CCN(C(=O)O)CC2)cc(C(F)(F)F)c1. The highest BCUT2D eigenvalue weighted by Crippen LogP contribution is 2.33. The number of amides is 2. The molecule has 0 spiro atoms. The number of hydrogen-bond donors (Lipinski definition) is 3. The van der Waals surface area contributed by atoms with Gasteiger partial charge in [-0.3, -0.25) is 4.79 Å². The van der Waals surface area contributed by atoms with Crippen LogP contribution in [-0.2, 0) is 11.0 Å². The Kier molecular flexibility index (Phi) is 4.67. The molecule has 2 amide bonds. The molecular weight excluding hydrogens is 315 g/mol. The molecule has 0 unspecified atom stereocenters. The summed E-state index contributed by atoms with van der Waals surface area (Å²) in [6.07, 6.45) is -4.95. The average Bonchev–Trinajstić information content (AvgIpc) is 2.45. The van der Waals surface area contributed by atoms with Gasteiger partial charge in [0, 0.05) is 30.4 Å². The zero-order valence-corrected chi connectivity index (χ0v) is 12.1. The van der Waals surface area contributed by atoms with Gasteiger partial charge >= 0.3 is 12.3 Å². The van der Waals surface area contributed by atoms with Crippen molar-refractivity contribution < 1.29 is 27.9 Å². The van der Waals surface area contributed by atoms with Gasteiger partial charge in [0.05, 0.1) is 5.56 Å². The highest BCUT2D eigenvalue weighted by molar-refractivity contribution is 5.93. The van der Waals surface area contributed by atoms with Crippen LogP contribution in [0.25, 0.3) is 0 Å². The summed E-state index contributed by atoms with van der Waals surface area (Å²) in [7, 11) is 0. The van der Waals surface area contributed by atoms with Crippen molar-refractivity contribution in [1.82, 2.24) is 4.90 Å². The first kappa shape index (κ1) is 16.9. The number of alkyl halides is 3. The van der Waals surface area contributed by atoms with Gasteiger partial charge in [-0.05, 0) is 31.0 Å². The Bertz CT molecular complexity index is 611. The van der Waals surface area contributed by atoms with Gasteiger partial charge in [-0.15, -0.1) is 0 Å². The monoisotopic (exact) mass is 331 g/mol. The number of anilines is 2. The van der Waals surface area contributed by atoms with Crippen LogP contribution < -0.4 is 11.1 Å². The highest BCUT2D eigenvalue weighted by Gasteiger charge is 2.32. The van der Waals surface area contributed by atoms with Gasteiger partial charge in [0.1, 0.15) is 0 Å². The summed E-state index contributed by atoms with van der Waals surface area (Å²) in [6.45, 7) is 0.441. The van der Waals surface area contributed by atoms with E-state index in [2.05, 4.69) is 5.32 Å². The third kappa shape index (κ3) is 4.27. The molecule has 126 valence electrons. The Morgan fingerprint density at radius 3 is 2.35 bits per heavy atom. The minimum atomic E-state index is -4.55. The van der Waals surface area contributed by atoms with E-state index in [4.69, 9.17) is 10.8 Å². The second kappa shape index (κ2) is 6.35. The summed E-state index contributed by atoms with van der Waals surface area (Å²) >= 11 is 0. The standard InChI is InChI=1S/C14H16F3N3O3/c15-14(16,17)9-5-10(18)7-11(6-9)19-12(21)8-1-3-20(4-2-8)13(22)23/h5-8H,1-4,18H2,(H,19,21)(H,22,23). The Morgan fingerprint density at radius 2 is 1.83 bits per heavy atom. The number of likely N-dealkylation sites (tertiary alicyclic amines) is 1. The summed E-state index contributed by atoms with van der Waals surface area (Å²) in [6, 6.07) is 2.86. The summed E-state index contributed by atoms with van der Waals surface area (Å²) in [5, 5.41) is 11.3. The quantitative estimate of drug-likeness (QED) is 0.726. The lowest BCUT2D eigenvalue weighted by atomic mass is 9.96. The Labute approximate surface area is 130 Å². The van der Waals surface area contributed by atoms with Crippen molar-refractivity contribution in [3.8, 4) is 0 Å². The molecule has 1 aromatic carbocycles. The van der Waals surface area contributed by atoms with Crippen LogP contribution in [0.15, 0.2) is 18.2 Å². The molecule has 1 aliphatic heterocycles. The lowest BCUT2D eigenvalue weighted by Crippen LogP contribution is -2.40. The Hall–Kier alpha value is -2.45. The summed E-state index contributed by atoms with van der Waals surface area (Å²) in [5.41, 5.74) is 4.38. The molecule has 0 aliphatic carbocycles. The van der Waals surface area contributed by atoms with Gasteiger partial charge < -0.3 is 21.1 Å². The maximum Gasteiger partial charge on any atom is 0.416 e. The van der Waals surface area contributed by atoms with Crippen molar-refractivity contribution >= 4 is 23.4 Å². The molecule has 6 nitrogen and oxygen atoms in total. The van der Waals surface area contributed by atoms with E-state index in [9.17, 15) is 22.8 Å². The molecule has 0 radical (unpaired) electrons. The van der Waals surface area contributed by atoms with E-state index in [0.29, 0.717) is 12.8 Å². The number of nitrogen functional groups attached to an aromatic ring is 1. The second-order valence-corrected chi connectivity index (χ2v) is 5.37. The normalized spacial score (nSPS) is 16.2. The van der Waals surface area contributed by atoms with Gasteiger partial charge in [-0.2, -0.15) is 13.2 Å². The van der Waals surface area contributed by atoms with Crippen molar-refractivity contribution in [2.24, 2.45) is 5.92 Å². The van der Waals surface area contributed by atoms with E-state index < -0.39 is 29.7 Å². The number of carbonyl (C=O) groups is 2. The summed E-state index contributed by atoms with van der Waals surface area (Å²) < 4.78 is 38.2. The molecule has 4 N–H and O–H groups in total. The number of carbonyl (C=O) groups excluding carboxylic acids is 1. The molecule has 9 heteroatoms. The van der Waals surface area contributed by atoms with Gasteiger partial charge in [0.2, 0.25) is 5.91 Å². The van der Waals surface area contributed by atoms with Gasteiger partial charge in [-0.25, -0.2) is 4.79 Å². The van der Waals surface area contributed by atoms with E-state index in [1.807, 2.05) is 0 Å². The lowest BCUT2D eigenvalue weighted by molar-refractivity contribution is -0.137. The smallest absolute Gasteiger partial charge is 0.416 e. The van der Waals surface area contributed by atoms with Crippen LogP contribution in [-0.4, -0.2) is 35.1 Å². The van der Waals surface area contributed by atoms with Crippen LogP contribution >= 0.6 is 0 Å². The van der Waals surface area contributed by atoms with E-state index in [1.165, 1.54) is 11.0 Å². The zero-order valence-electron chi connectivity index (χ0n) is 12.1. The maximum absolute atomic E-state index is 12.7. The van der Waals surface area contributed by atoms with Crippen molar-refractivity contribution in [3.63, 3.8) is 0 Å². The van der Waals surface area contributed by atoms with Crippen molar-refractivity contribution in [2.45, 2.75) is 19.0 Å². The average molecular weight is 331 g/mol. The fourth-order valence-electron chi connectivity index (χ4n) is 2.46. The van der Waals surface area contributed by atoms with E-state index >= 15 is 0 Å². The molecule has 23 heavy (non-hydrogen) atoms. The number of rotatable bonds is 2. The minimum Gasteiger partial charge on any atom is -0.465 e. The van der Waals surface area contributed by atoms with Crippen LogP contribution in [0.3, 0.4) is 0 Å². The van der Waals surface area contributed by atoms with Crippen LogP contribution in [0.2, 0.25) is 0 Å². The van der Waals surface area contributed by atoms with Crippen molar-refractivity contribution in [3.05, 3.63) is 23.8 Å². The first-order valence-electron chi connectivity index (χ1n) is 6.93. The third-order valence-electron chi connectivity index (χ3n) is 3.69. The fraction of sp³-hybridized carbons (Fsp3) is 0.429. The predicted octanol–water partition coefficient (Wildman–Crippen LogP) is 2.62. The number of benzene rings is 1. The number of nitrogens with two attached hydrogens (primary N) is 1. The molecule has 1 heterocycles. The van der Waals surface area contributed by atoms with Crippen LogP contribution in [0.4, 0.5) is 29.3 Å². The first-order valence-corrected chi connectivity index (χ1v) is 6.93. The first-order chi connectivity index (χ1) is 10.7. The van der Waals surface area contributed by atoms with Crippen molar-refractivity contribution in [1.29, 1.82) is 0 Å². The Morgan fingerprint density at radius 1 is 1.22 bits per heavy atom. The van der Waals surface area contributed by atoms with Crippen LogP contribution in [0, 0.1) is 5.92 Å². The molecular formula is C14H16F3N3O3. The topological polar surface area (TPSA) is 95.7 Å². The number of hydrogen-bond acceptors (Lipinski definition) is 3. The van der Waals surface area contributed by atoms with E-state index in [0.717, 1.165) is 12.1 Å². The molecule has 0 saturated carbocycles. The molecule has 0 atom stereocenters. The maximum atomic E-state index is 12.7. The number of nitrogens with zero attached hydrogens (tertiary/aromatic N) is 1. The predicted molar refractivity (Wildman–Crippen MR) is 76.8 cm³/mol. The van der Waals surface area contributed by atoms with E-state index in [1.54, 1.807) is 0 Å². The second-order valence-electron chi connectivity index (χ2n) is 5.37. The number of nitrogens with one attached hydrogen (secondary N) is 1. The summed E-state index contributed by atoms with van der Waals surface area (Å²) in [5.74, 6) is -0.880. The molecule has 1 fully saturated rings. The highest BCUT2D eigenvalue weighted by atomic mass is 19.4. The van der Waals surface area contributed by atoms with Crippen LogP contribution in [0.1, 0.15) is 18.4 Å². The van der Waals surface area contributed by atoms with E-state index in [-0.39, 0.29) is 24.5 Å². The fourth-order valence-corrected chi connectivity index (χ4v) is 2.46. The zero-order chi connectivity index (χ0) is 17.2.